The standard InChI is InChI=1S/C19H18FN3O2/c20-14-5-7-16(8-6-14)23-12-15(11-18(23)24)21-19(25)22-10-9-13-3-1-2-4-17(13)22/h1-8,15H,9-12H2,(H,21,25). The van der Waals surface area contributed by atoms with Gasteiger partial charge in [0.25, 0.3) is 0 Å². The Labute approximate surface area is 145 Å². The minimum atomic E-state index is -0.340. The van der Waals surface area contributed by atoms with Crippen LogP contribution in [0.5, 0.6) is 0 Å². The van der Waals surface area contributed by atoms with Crippen molar-refractivity contribution in [1.82, 2.24) is 5.32 Å². The maximum Gasteiger partial charge on any atom is 0.322 e. The number of halogens is 1. The quantitative estimate of drug-likeness (QED) is 0.915. The summed E-state index contributed by atoms with van der Waals surface area (Å²) in [6.45, 7) is 1.04. The Balaban J connectivity index is 1.43. The van der Waals surface area contributed by atoms with E-state index >= 15 is 0 Å². The Morgan fingerprint density at radius 3 is 2.68 bits per heavy atom. The molecule has 1 unspecified atom stereocenters. The van der Waals surface area contributed by atoms with Gasteiger partial charge in [0.1, 0.15) is 5.82 Å². The van der Waals surface area contributed by atoms with Crippen molar-refractivity contribution in [2.45, 2.75) is 18.9 Å². The van der Waals surface area contributed by atoms with Crippen LogP contribution in [0.25, 0.3) is 0 Å². The molecule has 5 nitrogen and oxygen atoms in total. The third kappa shape index (κ3) is 2.95. The van der Waals surface area contributed by atoms with Crippen molar-refractivity contribution in [2.75, 3.05) is 22.9 Å². The molecule has 2 aliphatic rings. The molecule has 3 amide bonds. The molecule has 0 spiro atoms. The number of benzene rings is 2. The van der Waals surface area contributed by atoms with Crippen molar-refractivity contribution < 1.29 is 14.0 Å². The van der Waals surface area contributed by atoms with Gasteiger partial charge >= 0.3 is 6.03 Å². The van der Waals surface area contributed by atoms with Crippen LogP contribution in [0.2, 0.25) is 0 Å². The molecule has 0 aromatic heterocycles. The summed E-state index contributed by atoms with van der Waals surface area (Å²) in [5.41, 5.74) is 2.74. The van der Waals surface area contributed by atoms with Gasteiger partial charge in [0.2, 0.25) is 5.91 Å². The molecule has 4 rings (SSSR count). The lowest BCUT2D eigenvalue weighted by atomic mass is 10.2. The average molecular weight is 339 g/mol. The number of fused-ring (bicyclic) bond motifs is 1. The summed E-state index contributed by atoms with van der Waals surface area (Å²) in [6.07, 6.45) is 1.09. The number of anilines is 2. The highest BCUT2D eigenvalue weighted by Gasteiger charge is 2.33. The van der Waals surface area contributed by atoms with E-state index in [4.69, 9.17) is 0 Å². The number of nitrogens with one attached hydrogen (secondary N) is 1. The van der Waals surface area contributed by atoms with E-state index in [1.165, 1.54) is 12.1 Å². The molecule has 0 aliphatic carbocycles. The maximum atomic E-state index is 13.0. The predicted molar refractivity (Wildman–Crippen MR) is 93.2 cm³/mol. The molecular weight excluding hydrogens is 321 g/mol. The summed E-state index contributed by atoms with van der Waals surface area (Å²) in [5.74, 6) is -0.410. The minimum absolute atomic E-state index is 0.0706. The van der Waals surface area contributed by atoms with Gasteiger partial charge in [0, 0.05) is 30.9 Å². The first-order valence-corrected chi connectivity index (χ1v) is 8.34. The second-order valence-corrected chi connectivity index (χ2v) is 6.36. The molecule has 2 heterocycles. The fourth-order valence-electron chi connectivity index (χ4n) is 3.48. The van der Waals surface area contributed by atoms with E-state index in [0.29, 0.717) is 18.8 Å². The lowest BCUT2D eigenvalue weighted by Crippen LogP contribution is -2.45. The fraction of sp³-hybridized carbons (Fsp3) is 0.263. The van der Waals surface area contributed by atoms with Crippen LogP contribution < -0.4 is 15.1 Å². The Bertz CT molecular complexity index is 822. The Kier molecular flexibility index (Phi) is 3.87. The molecule has 2 aliphatic heterocycles. The smallest absolute Gasteiger partial charge is 0.322 e. The summed E-state index contributed by atoms with van der Waals surface area (Å²) in [7, 11) is 0. The van der Waals surface area contributed by atoms with Crippen molar-refractivity contribution >= 4 is 23.3 Å². The van der Waals surface area contributed by atoms with Gasteiger partial charge < -0.3 is 10.2 Å². The predicted octanol–water partition coefficient (Wildman–Crippen LogP) is 2.70. The van der Waals surface area contributed by atoms with E-state index in [2.05, 4.69) is 5.32 Å². The van der Waals surface area contributed by atoms with Crippen LogP contribution >= 0.6 is 0 Å². The first-order chi connectivity index (χ1) is 12.1. The molecule has 1 fully saturated rings. The number of para-hydroxylation sites is 1. The van der Waals surface area contributed by atoms with Crippen molar-refractivity contribution in [3.8, 4) is 0 Å². The van der Waals surface area contributed by atoms with Crippen molar-refractivity contribution in [2.24, 2.45) is 0 Å². The first kappa shape index (κ1) is 15.6. The molecule has 2 aromatic rings. The van der Waals surface area contributed by atoms with E-state index in [-0.39, 0.29) is 30.2 Å². The van der Waals surface area contributed by atoms with E-state index in [1.54, 1.807) is 21.9 Å². The lowest BCUT2D eigenvalue weighted by Gasteiger charge is -2.21. The number of hydrogen-bond acceptors (Lipinski definition) is 2. The third-order valence-electron chi connectivity index (χ3n) is 4.72. The molecule has 128 valence electrons. The van der Waals surface area contributed by atoms with Gasteiger partial charge in [-0.3, -0.25) is 9.69 Å². The summed E-state index contributed by atoms with van der Waals surface area (Å²) in [5, 5.41) is 2.95. The topological polar surface area (TPSA) is 52.7 Å². The zero-order valence-corrected chi connectivity index (χ0v) is 13.6. The Morgan fingerprint density at radius 1 is 1.12 bits per heavy atom. The highest BCUT2D eigenvalue weighted by molar-refractivity contribution is 5.98. The van der Waals surface area contributed by atoms with Crippen LogP contribution in [0.1, 0.15) is 12.0 Å². The summed E-state index contributed by atoms with van der Waals surface area (Å²) >= 11 is 0. The average Bonchev–Trinajstić information content (AvgIpc) is 3.19. The lowest BCUT2D eigenvalue weighted by molar-refractivity contribution is -0.117. The van der Waals surface area contributed by atoms with E-state index in [9.17, 15) is 14.0 Å². The molecule has 6 heteroatoms. The summed E-state index contributed by atoms with van der Waals surface area (Å²) in [6, 6.07) is 13.2. The maximum absolute atomic E-state index is 13.0. The minimum Gasteiger partial charge on any atom is -0.333 e. The fourth-order valence-corrected chi connectivity index (χ4v) is 3.48. The number of carbonyl (C=O) groups is 2. The second-order valence-electron chi connectivity index (χ2n) is 6.36. The molecule has 0 saturated carbocycles. The van der Waals surface area contributed by atoms with Gasteiger partial charge in [-0.05, 0) is 42.3 Å². The van der Waals surface area contributed by atoms with Crippen LogP contribution in [0.15, 0.2) is 48.5 Å². The van der Waals surface area contributed by atoms with Crippen molar-refractivity contribution in [3.63, 3.8) is 0 Å². The Hall–Kier alpha value is -2.89. The van der Waals surface area contributed by atoms with Crippen LogP contribution in [-0.2, 0) is 11.2 Å². The van der Waals surface area contributed by atoms with E-state index in [0.717, 1.165) is 17.7 Å². The number of carbonyl (C=O) groups excluding carboxylic acids is 2. The largest absolute Gasteiger partial charge is 0.333 e. The van der Waals surface area contributed by atoms with Crippen molar-refractivity contribution in [3.05, 3.63) is 59.9 Å². The van der Waals surface area contributed by atoms with Crippen LogP contribution in [0.3, 0.4) is 0 Å². The molecule has 1 N–H and O–H groups in total. The SMILES string of the molecule is O=C1CC(NC(=O)N2CCc3ccccc32)CN1c1ccc(F)cc1. The number of amides is 3. The van der Waals surface area contributed by atoms with Gasteiger partial charge in [-0.2, -0.15) is 0 Å². The van der Waals surface area contributed by atoms with Gasteiger partial charge in [-0.25, -0.2) is 9.18 Å². The summed E-state index contributed by atoms with van der Waals surface area (Å²) < 4.78 is 13.0. The number of hydrogen-bond donors (Lipinski definition) is 1. The molecule has 2 aromatic carbocycles. The van der Waals surface area contributed by atoms with E-state index in [1.807, 2.05) is 24.3 Å². The van der Waals surface area contributed by atoms with Gasteiger partial charge in [0.05, 0.1) is 6.04 Å². The van der Waals surface area contributed by atoms with Gasteiger partial charge in [-0.15, -0.1) is 0 Å². The van der Waals surface area contributed by atoms with Gasteiger partial charge in [0.15, 0.2) is 0 Å². The second kappa shape index (κ2) is 6.20. The molecule has 1 saturated heterocycles. The van der Waals surface area contributed by atoms with Crippen LogP contribution in [-0.4, -0.2) is 31.1 Å². The van der Waals surface area contributed by atoms with Gasteiger partial charge in [-0.1, -0.05) is 18.2 Å². The zero-order chi connectivity index (χ0) is 17.4. The zero-order valence-electron chi connectivity index (χ0n) is 13.6. The molecule has 1 atom stereocenters. The normalized spacial score (nSPS) is 19.2. The number of nitrogens with zero attached hydrogens (tertiary/aromatic N) is 2. The summed E-state index contributed by atoms with van der Waals surface area (Å²) in [4.78, 5) is 28.1. The highest BCUT2D eigenvalue weighted by atomic mass is 19.1. The van der Waals surface area contributed by atoms with E-state index < -0.39 is 0 Å². The molecular formula is C19H18FN3O2. The highest BCUT2D eigenvalue weighted by Crippen LogP contribution is 2.28. The first-order valence-electron chi connectivity index (χ1n) is 8.34. The van der Waals surface area contributed by atoms with Crippen LogP contribution in [0.4, 0.5) is 20.6 Å². The molecule has 0 bridgehead atoms. The molecule has 25 heavy (non-hydrogen) atoms. The monoisotopic (exact) mass is 339 g/mol. The number of rotatable bonds is 2. The number of urea groups is 1. The molecule has 0 radical (unpaired) electrons. The van der Waals surface area contributed by atoms with Crippen molar-refractivity contribution in [1.29, 1.82) is 0 Å². The Morgan fingerprint density at radius 2 is 1.88 bits per heavy atom. The third-order valence-corrected chi connectivity index (χ3v) is 4.72. The van der Waals surface area contributed by atoms with Crippen LogP contribution in [0, 0.1) is 5.82 Å².